The fraction of sp³-hybridized carbons (Fsp3) is 0.0500. The van der Waals surface area contributed by atoms with E-state index >= 15 is 0 Å². The molecule has 5 heteroatoms. The molecule has 4 nitrogen and oxygen atoms in total. The largest absolute Gasteiger partial charge is 0.466 e. The number of esters is 1. The summed E-state index contributed by atoms with van der Waals surface area (Å²) < 4.78 is 4.85. The molecule has 0 fully saturated rings. The van der Waals surface area contributed by atoms with Crippen molar-refractivity contribution in [3.8, 4) is 0 Å². The SMILES string of the molecule is COC(=O)/C=C(\B1Nc2cccc3cccc(c23)N1)c1ccccc1. The third-order valence-electron chi connectivity index (χ3n) is 4.40. The second-order valence-corrected chi connectivity index (χ2v) is 5.92. The van der Waals surface area contributed by atoms with Crippen LogP contribution in [-0.2, 0) is 9.53 Å². The fourth-order valence-corrected chi connectivity index (χ4v) is 3.23. The van der Waals surface area contributed by atoms with Gasteiger partial charge in [0.25, 0.3) is 0 Å². The Balaban J connectivity index is 1.80. The first-order valence-corrected chi connectivity index (χ1v) is 8.16. The van der Waals surface area contributed by atoms with E-state index in [4.69, 9.17) is 4.74 Å². The van der Waals surface area contributed by atoms with E-state index in [9.17, 15) is 4.79 Å². The lowest BCUT2D eigenvalue weighted by Gasteiger charge is -2.28. The molecule has 122 valence electrons. The lowest BCUT2D eigenvalue weighted by Crippen LogP contribution is -2.39. The van der Waals surface area contributed by atoms with Crippen molar-refractivity contribution in [1.29, 1.82) is 0 Å². The molecule has 0 aliphatic carbocycles. The van der Waals surface area contributed by atoms with Gasteiger partial charge in [-0.3, -0.25) is 0 Å². The van der Waals surface area contributed by atoms with Gasteiger partial charge in [0.2, 0.25) is 0 Å². The number of methoxy groups -OCH3 is 1. The summed E-state index contributed by atoms with van der Waals surface area (Å²) in [4.78, 5) is 11.9. The average Bonchev–Trinajstić information content (AvgIpc) is 2.67. The van der Waals surface area contributed by atoms with E-state index < -0.39 is 0 Å². The molecule has 2 N–H and O–H groups in total. The minimum atomic E-state index is -0.375. The quantitative estimate of drug-likeness (QED) is 0.434. The number of ether oxygens (including phenoxy) is 1. The molecule has 0 saturated heterocycles. The van der Waals surface area contributed by atoms with Crippen molar-refractivity contribution in [2.24, 2.45) is 0 Å². The van der Waals surface area contributed by atoms with Crippen LogP contribution in [0.1, 0.15) is 5.56 Å². The van der Waals surface area contributed by atoms with Crippen LogP contribution in [0.4, 0.5) is 11.4 Å². The Kier molecular flexibility index (Phi) is 3.90. The zero-order valence-corrected chi connectivity index (χ0v) is 13.8. The summed E-state index contributed by atoms with van der Waals surface area (Å²) in [7, 11) is 1.39. The molecule has 3 aromatic rings. The van der Waals surface area contributed by atoms with Crippen LogP contribution >= 0.6 is 0 Å². The standard InChI is InChI=1S/C20H17BN2O2/c1-25-19(24)13-16(14-7-3-2-4-8-14)21-22-17-11-5-9-15-10-6-12-18(23-21)20(15)17/h2-13,22-23H,1H3/b16-13-. The van der Waals surface area contributed by atoms with E-state index in [0.29, 0.717) is 0 Å². The number of hydrogen-bond donors (Lipinski definition) is 2. The molecular weight excluding hydrogens is 311 g/mol. The predicted octanol–water partition coefficient (Wildman–Crippen LogP) is 3.96. The van der Waals surface area contributed by atoms with Crippen LogP contribution in [0.3, 0.4) is 0 Å². The molecule has 0 unspecified atom stereocenters. The zero-order valence-electron chi connectivity index (χ0n) is 13.8. The molecule has 25 heavy (non-hydrogen) atoms. The highest BCUT2D eigenvalue weighted by Gasteiger charge is 2.28. The fourth-order valence-electron chi connectivity index (χ4n) is 3.23. The first-order chi connectivity index (χ1) is 12.3. The summed E-state index contributed by atoms with van der Waals surface area (Å²) in [6.45, 7) is -0.234. The average molecular weight is 328 g/mol. The topological polar surface area (TPSA) is 50.4 Å². The molecule has 0 aromatic heterocycles. The highest BCUT2D eigenvalue weighted by Crippen LogP contribution is 2.36. The van der Waals surface area contributed by atoms with Gasteiger partial charge in [0.1, 0.15) is 0 Å². The molecule has 1 aliphatic rings. The maximum absolute atomic E-state index is 11.9. The molecule has 0 spiro atoms. The van der Waals surface area contributed by atoms with Crippen molar-refractivity contribution in [3.63, 3.8) is 0 Å². The van der Waals surface area contributed by atoms with Crippen LogP contribution in [0, 0.1) is 0 Å². The molecule has 1 aliphatic heterocycles. The summed E-state index contributed by atoms with van der Waals surface area (Å²) in [6.07, 6.45) is 1.54. The molecule has 0 radical (unpaired) electrons. The lowest BCUT2D eigenvalue weighted by atomic mass is 9.62. The monoisotopic (exact) mass is 328 g/mol. The highest BCUT2D eigenvalue weighted by atomic mass is 16.5. The summed E-state index contributed by atoms with van der Waals surface area (Å²) >= 11 is 0. The van der Waals surface area contributed by atoms with Gasteiger partial charge in [0, 0.05) is 22.8 Å². The molecule has 1 heterocycles. The first kappa shape index (κ1) is 15.3. The Bertz CT molecular complexity index is 929. The molecule has 0 bridgehead atoms. The number of nitrogens with one attached hydrogen (secondary N) is 2. The van der Waals surface area contributed by atoms with Gasteiger partial charge < -0.3 is 15.2 Å². The number of benzene rings is 3. The van der Waals surface area contributed by atoms with Crippen molar-refractivity contribution in [3.05, 3.63) is 78.4 Å². The molecular formula is C20H17BN2O2. The van der Waals surface area contributed by atoms with E-state index in [2.05, 4.69) is 34.7 Å². The van der Waals surface area contributed by atoms with Crippen LogP contribution < -0.4 is 10.5 Å². The molecule has 0 saturated carbocycles. The Morgan fingerprint density at radius 2 is 1.56 bits per heavy atom. The molecule has 0 atom stereocenters. The third kappa shape index (κ3) is 2.85. The zero-order chi connectivity index (χ0) is 17.2. The lowest BCUT2D eigenvalue weighted by molar-refractivity contribution is -0.134. The van der Waals surface area contributed by atoms with E-state index in [1.54, 1.807) is 0 Å². The number of anilines is 2. The Morgan fingerprint density at radius 1 is 0.920 bits per heavy atom. The maximum atomic E-state index is 11.9. The third-order valence-corrected chi connectivity index (χ3v) is 4.40. The minimum absolute atomic E-state index is 0.234. The minimum Gasteiger partial charge on any atom is -0.466 e. The van der Waals surface area contributed by atoms with Crippen molar-refractivity contribution in [2.75, 3.05) is 17.6 Å². The number of carbonyl (C=O) groups is 1. The van der Waals surface area contributed by atoms with Crippen molar-refractivity contribution >= 4 is 40.6 Å². The maximum Gasteiger partial charge on any atom is 0.406 e. The van der Waals surface area contributed by atoms with Crippen LogP contribution in [0.2, 0.25) is 0 Å². The van der Waals surface area contributed by atoms with Crippen LogP contribution in [0.25, 0.3) is 16.2 Å². The second-order valence-electron chi connectivity index (χ2n) is 5.92. The highest BCUT2D eigenvalue weighted by molar-refractivity contribution is 6.85. The van der Waals surface area contributed by atoms with E-state index in [1.807, 2.05) is 42.5 Å². The van der Waals surface area contributed by atoms with Gasteiger partial charge in [0.05, 0.1) is 7.11 Å². The normalized spacial score (nSPS) is 13.2. The number of rotatable bonds is 3. The summed E-state index contributed by atoms with van der Waals surface area (Å²) in [5.74, 6) is -0.375. The van der Waals surface area contributed by atoms with Crippen LogP contribution in [0.5, 0.6) is 0 Å². The molecule has 3 aromatic carbocycles. The Hall–Kier alpha value is -3.21. The molecule has 4 rings (SSSR count). The molecule has 0 amide bonds. The summed E-state index contributed by atoms with van der Waals surface area (Å²) in [6, 6.07) is 22.2. The smallest absolute Gasteiger partial charge is 0.406 e. The Morgan fingerprint density at radius 3 is 2.16 bits per heavy atom. The van der Waals surface area contributed by atoms with Crippen molar-refractivity contribution in [1.82, 2.24) is 0 Å². The van der Waals surface area contributed by atoms with Crippen molar-refractivity contribution < 1.29 is 9.53 Å². The Labute approximate surface area is 146 Å². The van der Waals surface area contributed by atoms with Crippen LogP contribution in [0.15, 0.2) is 72.8 Å². The summed E-state index contributed by atoms with van der Waals surface area (Å²) in [5.41, 5.74) is 3.88. The van der Waals surface area contributed by atoms with Gasteiger partial charge in [-0.15, -0.1) is 0 Å². The van der Waals surface area contributed by atoms with Crippen molar-refractivity contribution in [2.45, 2.75) is 0 Å². The van der Waals surface area contributed by atoms with Gasteiger partial charge in [-0.2, -0.15) is 0 Å². The summed E-state index contributed by atoms with van der Waals surface area (Å²) in [5, 5.41) is 9.34. The van der Waals surface area contributed by atoms with Gasteiger partial charge in [0.15, 0.2) is 0 Å². The van der Waals surface area contributed by atoms with Gasteiger partial charge in [-0.25, -0.2) is 4.79 Å². The number of carbonyl (C=O) groups excluding carboxylic acids is 1. The predicted molar refractivity (Wildman–Crippen MR) is 103 cm³/mol. The van der Waals surface area contributed by atoms with E-state index in [-0.39, 0.29) is 13.0 Å². The van der Waals surface area contributed by atoms with Gasteiger partial charge in [-0.05, 0) is 28.6 Å². The second kappa shape index (κ2) is 6.36. The van der Waals surface area contributed by atoms with E-state index in [0.717, 1.165) is 27.8 Å². The first-order valence-electron chi connectivity index (χ1n) is 8.16. The van der Waals surface area contributed by atoms with Gasteiger partial charge >= 0.3 is 13.0 Å². The van der Waals surface area contributed by atoms with E-state index in [1.165, 1.54) is 18.6 Å². The van der Waals surface area contributed by atoms with Gasteiger partial charge in [-0.1, -0.05) is 54.6 Å². The number of hydrogen-bond acceptors (Lipinski definition) is 4. The van der Waals surface area contributed by atoms with Crippen LogP contribution in [-0.4, -0.2) is 20.1 Å².